The van der Waals surface area contributed by atoms with Crippen molar-refractivity contribution in [3.05, 3.63) is 23.8 Å². The van der Waals surface area contributed by atoms with Crippen molar-refractivity contribution in [2.75, 3.05) is 32.8 Å². The van der Waals surface area contributed by atoms with Crippen LogP contribution in [0.5, 0.6) is 11.5 Å². The molecule has 6 heteroatoms. The molecule has 2 aliphatic rings. The molecule has 0 spiro atoms. The molecular formula is C17H22N2O4. The summed E-state index contributed by atoms with van der Waals surface area (Å²) in [7, 11) is 0. The van der Waals surface area contributed by atoms with E-state index >= 15 is 0 Å². The fraction of sp³-hybridized carbons (Fsp3) is 0.529. The van der Waals surface area contributed by atoms with Gasteiger partial charge in [0.05, 0.1) is 0 Å². The number of ether oxygens (including phenoxy) is 2. The smallest absolute Gasteiger partial charge is 0.223 e. The Morgan fingerprint density at radius 2 is 2.00 bits per heavy atom. The van der Waals surface area contributed by atoms with E-state index in [9.17, 15) is 9.59 Å². The second-order valence-corrected chi connectivity index (χ2v) is 5.92. The second-order valence-electron chi connectivity index (χ2n) is 5.92. The summed E-state index contributed by atoms with van der Waals surface area (Å²) < 4.78 is 10.9. The average Bonchev–Trinajstić information content (AvgIpc) is 2.59. The Bertz CT molecular complexity index is 602. The van der Waals surface area contributed by atoms with Gasteiger partial charge in [0.15, 0.2) is 17.3 Å². The zero-order valence-electron chi connectivity index (χ0n) is 13.3. The number of rotatable bonds is 4. The fourth-order valence-corrected chi connectivity index (χ4v) is 2.94. The molecule has 3 rings (SSSR count). The summed E-state index contributed by atoms with van der Waals surface area (Å²) in [4.78, 5) is 26.5. The summed E-state index contributed by atoms with van der Waals surface area (Å²) in [6, 6.07) is 5.37. The van der Waals surface area contributed by atoms with E-state index in [4.69, 9.17) is 9.47 Å². The fourth-order valence-electron chi connectivity index (χ4n) is 2.94. The molecule has 1 N–H and O–H groups in total. The van der Waals surface area contributed by atoms with Crippen LogP contribution in [0, 0.1) is 0 Å². The summed E-state index contributed by atoms with van der Waals surface area (Å²) in [5.74, 6) is 1.27. The lowest BCUT2D eigenvalue weighted by Gasteiger charge is -2.34. The molecule has 0 radical (unpaired) electrons. The Hall–Kier alpha value is -2.08. The number of piperazine rings is 1. The van der Waals surface area contributed by atoms with Gasteiger partial charge in [0, 0.05) is 44.1 Å². The molecule has 0 saturated carbocycles. The van der Waals surface area contributed by atoms with Crippen LogP contribution in [0.3, 0.4) is 0 Å². The molecule has 1 amide bonds. The zero-order chi connectivity index (χ0) is 16.2. The lowest BCUT2D eigenvalue weighted by Crippen LogP contribution is -2.52. The van der Waals surface area contributed by atoms with Gasteiger partial charge in [-0.3, -0.25) is 9.59 Å². The molecule has 1 fully saturated rings. The first-order chi connectivity index (χ1) is 11.1. The van der Waals surface area contributed by atoms with Gasteiger partial charge >= 0.3 is 0 Å². The van der Waals surface area contributed by atoms with E-state index in [1.165, 1.54) is 0 Å². The number of fused-ring (bicyclic) bond motifs is 1. The Balaban J connectivity index is 1.57. The SMILES string of the molecule is C[C@H]1CNCCN1C(=O)CCC(=O)c1ccc2c(c1)OCCO2. The molecule has 124 valence electrons. The summed E-state index contributed by atoms with van der Waals surface area (Å²) in [6.07, 6.45) is 0.465. The first-order valence-electron chi connectivity index (χ1n) is 8.08. The first-order valence-corrected chi connectivity index (χ1v) is 8.08. The van der Waals surface area contributed by atoms with Crippen molar-refractivity contribution in [3.63, 3.8) is 0 Å². The monoisotopic (exact) mass is 318 g/mol. The van der Waals surface area contributed by atoms with Gasteiger partial charge in [-0.2, -0.15) is 0 Å². The maximum absolute atomic E-state index is 12.3. The van der Waals surface area contributed by atoms with Crippen molar-refractivity contribution in [2.24, 2.45) is 0 Å². The number of Topliss-reactive ketones (excluding diaryl/α,β-unsaturated/α-hetero) is 1. The van der Waals surface area contributed by atoms with Gasteiger partial charge in [-0.25, -0.2) is 0 Å². The van der Waals surface area contributed by atoms with Crippen molar-refractivity contribution >= 4 is 11.7 Å². The molecule has 1 saturated heterocycles. The number of amides is 1. The third-order valence-electron chi connectivity index (χ3n) is 4.25. The molecule has 23 heavy (non-hydrogen) atoms. The molecule has 2 aliphatic heterocycles. The van der Waals surface area contributed by atoms with Crippen LogP contribution in [0.15, 0.2) is 18.2 Å². The number of nitrogens with one attached hydrogen (secondary N) is 1. The molecule has 0 aromatic heterocycles. The number of nitrogens with zero attached hydrogens (tertiary/aromatic N) is 1. The van der Waals surface area contributed by atoms with Crippen molar-refractivity contribution in [3.8, 4) is 11.5 Å². The van der Waals surface area contributed by atoms with Crippen LogP contribution in [0.25, 0.3) is 0 Å². The topological polar surface area (TPSA) is 67.9 Å². The van der Waals surface area contributed by atoms with Crippen molar-refractivity contribution in [2.45, 2.75) is 25.8 Å². The van der Waals surface area contributed by atoms with Gasteiger partial charge in [0.1, 0.15) is 13.2 Å². The molecule has 1 aromatic carbocycles. The number of hydrogen-bond acceptors (Lipinski definition) is 5. The highest BCUT2D eigenvalue weighted by atomic mass is 16.6. The van der Waals surface area contributed by atoms with Crippen LogP contribution in [0.4, 0.5) is 0 Å². The van der Waals surface area contributed by atoms with Crippen LogP contribution < -0.4 is 14.8 Å². The lowest BCUT2D eigenvalue weighted by molar-refractivity contribution is -0.133. The quantitative estimate of drug-likeness (QED) is 0.846. The van der Waals surface area contributed by atoms with E-state index in [2.05, 4.69) is 5.32 Å². The van der Waals surface area contributed by atoms with Crippen LogP contribution in [0.1, 0.15) is 30.1 Å². The van der Waals surface area contributed by atoms with E-state index < -0.39 is 0 Å². The standard InChI is InChI=1S/C17H22N2O4/c1-12-11-18-6-7-19(12)17(21)5-3-14(20)13-2-4-15-16(10-13)23-9-8-22-15/h2,4,10,12,18H,3,5-9,11H2,1H3/t12-/m0/s1. The molecule has 6 nitrogen and oxygen atoms in total. The predicted octanol–water partition coefficient (Wildman–Crippen LogP) is 1.24. The van der Waals surface area contributed by atoms with Gasteiger partial charge < -0.3 is 19.7 Å². The minimum Gasteiger partial charge on any atom is -0.486 e. The highest BCUT2D eigenvalue weighted by Crippen LogP contribution is 2.31. The number of ketones is 1. The number of carbonyl (C=O) groups is 2. The summed E-state index contributed by atoms with van der Waals surface area (Å²) in [5, 5.41) is 3.25. The largest absolute Gasteiger partial charge is 0.486 e. The molecule has 0 unspecified atom stereocenters. The van der Waals surface area contributed by atoms with Crippen molar-refractivity contribution in [1.82, 2.24) is 10.2 Å². The first kappa shape index (κ1) is 15.8. The normalized spacial score (nSPS) is 20.2. The Kier molecular flexibility index (Phi) is 4.81. The molecule has 1 aromatic rings. The summed E-state index contributed by atoms with van der Waals surface area (Å²) in [5.41, 5.74) is 0.565. The predicted molar refractivity (Wildman–Crippen MR) is 85.0 cm³/mol. The van der Waals surface area contributed by atoms with E-state index in [-0.39, 0.29) is 30.6 Å². The minimum absolute atomic E-state index is 0.0434. The number of benzene rings is 1. The Labute approximate surface area is 135 Å². The molecule has 0 aliphatic carbocycles. The van der Waals surface area contributed by atoms with E-state index in [1.807, 2.05) is 11.8 Å². The summed E-state index contributed by atoms with van der Waals surface area (Å²) in [6.45, 7) is 5.36. The second kappa shape index (κ2) is 7.00. The zero-order valence-corrected chi connectivity index (χ0v) is 13.3. The van der Waals surface area contributed by atoms with Crippen molar-refractivity contribution in [1.29, 1.82) is 0 Å². The van der Waals surface area contributed by atoms with Gasteiger partial charge in [-0.1, -0.05) is 0 Å². The van der Waals surface area contributed by atoms with Crippen LogP contribution in [-0.2, 0) is 4.79 Å². The average molecular weight is 318 g/mol. The summed E-state index contributed by atoms with van der Waals surface area (Å²) >= 11 is 0. The third kappa shape index (κ3) is 3.64. The lowest BCUT2D eigenvalue weighted by atomic mass is 10.0. The minimum atomic E-state index is -0.0434. The van der Waals surface area contributed by atoms with Gasteiger partial charge in [0.25, 0.3) is 0 Å². The molecule has 0 bridgehead atoms. The molecule has 1 atom stereocenters. The van der Waals surface area contributed by atoms with Gasteiger partial charge in [0.2, 0.25) is 5.91 Å². The number of hydrogen-bond donors (Lipinski definition) is 1. The Morgan fingerprint density at radius 3 is 2.78 bits per heavy atom. The molecular weight excluding hydrogens is 296 g/mol. The van der Waals surface area contributed by atoms with E-state index in [1.54, 1.807) is 18.2 Å². The van der Waals surface area contributed by atoms with Gasteiger partial charge in [-0.05, 0) is 25.1 Å². The Morgan fingerprint density at radius 1 is 1.22 bits per heavy atom. The van der Waals surface area contributed by atoms with Crippen molar-refractivity contribution < 1.29 is 19.1 Å². The van der Waals surface area contributed by atoms with Crippen LogP contribution >= 0.6 is 0 Å². The maximum Gasteiger partial charge on any atom is 0.223 e. The van der Waals surface area contributed by atoms with Crippen LogP contribution in [0.2, 0.25) is 0 Å². The van der Waals surface area contributed by atoms with Crippen LogP contribution in [-0.4, -0.2) is 55.5 Å². The van der Waals surface area contributed by atoms with Gasteiger partial charge in [-0.15, -0.1) is 0 Å². The highest BCUT2D eigenvalue weighted by Gasteiger charge is 2.23. The van der Waals surface area contributed by atoms with E-state index in [0.29, 0.717) is 36.8 Å². The maximum atomic E-state index is 12.3. The molecule has 2 heterocycles. The van der Waals surface area contributed by atoms with E-state index in [0.717, 1.165) is 13.1 Å². The highest BCUT2D eigenvalue weighted by molar-refractivity contribution is 5.98. The third-order valence-corrected chi connectivity index (χ3v) is 4.25. The number of carbonyl (C=O) groups excluding carboxylic acids is 2.